The van der Waals surface area contributed by atoms with Crippen LogP contribution in [-0.2, 0) is 4.79 Å². The second kappa shape index (κ2) is 2.73. The minimum Gasteiger partial charge on any atom is -0.328 e. The van der Waals surface area contributed by atoms with Gasteiger partial charge in [0, 0.05) is 6.54 Å². The zero-order chi connectivity index (χ0) is 10.3. The number of rotatable bonds is 1. The lowest BCUT2D eigenvalue weighted by Gasteiger charge is -2.30. The van der Waals surface area contributed by atoms with E-state index in [1.54, 1.807) is 4.90 Å². The summed E-state index contributed by atoms with van der Waals surface area (Å²) in [7, 11) is 0. The van der Waals surface area contributed by atoms with Crippen molar-refractivity contribution in [3.05, 3.63) is 0 Å². The van der Waals surface area contributed by atoms with E-state index < -0.39 is 0 Å². The van der Waals surface area contributed by atoms with Crippen LogP contribution in [0.25, 0.3) is 0 Å². The van der Waals surface area contributed by atoms with Gasteiger partial charge >= 0.3 is 0 Å². The fourth-order valence-electron chi connectivity index (χ4n) is 1.64. The van der Waals surface area contributed by atoms with Crippen LogP contribution in [0.4, 0.5) is 0 Å². The second-order valence-electron chi connectivity index (χ2n) is 4.83. The van der Waals surface area contributed by atoms with Crippen molar-refractivity contribution < 1.29 is 4.79 Å². The molecule has 72 valence electrons. The maximum absolute atomic E-state index is 11.8. The maximum Gasteiger partial charge on any atom is 0.229 e. The normalized spacial score (nSPS) is 24.5. The lowest BCUT2D eigenvalue weighted by atomic mass is 9.70. The van der Waals surface area contributed by atoms with Crippen molar-refractivity contribution in [2.75, 3.05) is 13.1 Å². The molecule has 0 unspecified atom stereocenters. The third-order valence-electron chi connectivity index (χ3n) is 3.36. The van der Waals surface area contributed by atoms with Gasteiger partial charge in [-0.3, -0.25) is 4.79 Å². The second-order valence-corrected chi connectivity index (χ2v) is 4.83. The summed E-state index contributed by atoms with van der Waals surface area (Å²) in [5.74, 6) is 0.0963. The largest absolute Gasteiger partial charge is 0.328 e. The van der Waals surface area contributed by atoms with Crippen LogP contribution in [0.2, 0.25) is 0 Å². The van der Waals surface area contributed by atoms with Gasteiger partial charge in [-0.1, -0.05) is 27.7 Å². The monoisotopic (exact) mass is 180 g/mol. The lowest BCUT2D eigenvalue weighted by Crippen LogP contribution is -2.34. The van der Waals surface area contributed by atoms with Crippen LogP contribution in [0, 0.1) is 22.2 Å². The molecule has 1 aliphatic rings. The zero-order valence-corrected chi connectivity index (χ0v) is 8.72. The number of hydrogen-bond acceptors (Lipinski definition) is 2. The number of amides is 1. The summed E-state index contributed by atoms with van der Waals surface area (Å²) >= 11 is 0. The molecule has 0 saturated carbocycles. The fraction of sp³-hybridized carbons (Fsp3) is 0.800. The number of hydrogen-bond donors (Lipinski definition) is 0. The zero-order valence-electron chi connectivity index (χ0n) is 8.72. The number of carbonyl (C=O) groups excluding carboxylic acids is 1. The van der Waals surface area contributed by atoms with Gasteiger partial charge in [-0.25, -0.2) is 0 Å². The van der Waals surface area contributed by atoms with E-state index in [9.17, 15) is 4.79 Å². The summed E-state index contributed by atoms with van der Waals surface area (Å²) in [5.41, 5.74) is -0.384. The molecule has 3 heteroatoms. The molecule has 0 N–H and O–H groups in total. The first-order chi connectivity index (χ1) is 5.83. The highest BCUT2D eigenvalue weighted by Crippen LogP contribution is 2.45. The number of likely N-dealkylation sites (tertiary alicyclic amines) is 1. The predicted octanol–water partition coefficient (Wildman–Crippen LogP) is 1.40. The SMILES string of the molecule is CC1(C)CN(CC#N)C(=O)C1(C)C. The topological polar surface area (TPSA) is 44.1 Å². The highest BCUT2D eigenvalue weighted by Gasteiger charge is 2.52. The average molecular weight is 180 g/mol. The van der Waals surface area contributed by atoms with Crippen molar-refractivity contribution in [2.45, 2.75) is 27.7 Å². The Labute approximate surface area is 79.3 Å². The molecule has 1 rings (SSSR count). The highest BCUT2D eigenvalue weighted by molar-refractivity contribution is 5.85. The smallest absolute Gasteiger partial charge is 0.229 e. The maximum atomic E-state index is 11.8. The van der Waals surface area contributed by atoms with E-state index >= 15 is 0 Å². The Bertz CT molecular complexity index is 273. The molecule has 0 bridgehead atoms. The van der Waals surface area contributed by atoms with E-state index in [0.717, 1.165) is 0 Å². The van der Waals surface area contributed by atoms with E-state index in [1.807, 2.05) is 19.9 Å². The van der Waals surface area contributed by atoms with Crippen LogP contribution < -0.4 is 0 Å². The molecule has 1 aliphatic heterocycles. The molecule has 13 heavy (non-hydrogen) atoms. The van der Waals surface area contributed by atoms with E-state index in [-0.39, 0.29) is 23.3 Å². The summed E-state index contributed by atoms with van der Waals surface area (Å²) in [6, 6.07) is 2.02. The van der Waals surface area contributed by atoms with E-state index in [2.05, 4.69) is 13.8 Å². The Balaban J connectivity index is 2.94. The molecule has 3 nitrogen and oxygen atoms in total. The highest BCUT2D eigenvalue weighted by atomic mass is 16.2. The van der Waals surface area contributed by atoms with Crippen LogP contribution in [0.1, 0.15) is 27.7 Å². The van der Waals surface area contributed by atoms with Gasteiger partial charge in [-0.15, -0.1) is 0 Å². The van der Waals surface area contributed by atoms with Crippen LogP contribution in [0.5, 0.6) is 0 Å². The quantitative estimate of drug-likeness (QED) is 0.572. The third-order valence-corrected chi connectivity index (χ3v) is 3.36. The molecule has 0 spiro atoms. The van der Waals surface area contributed by atoms with Gasteiger partial charge < -0.3 is 4.90 Å². The molecular weight excluding hydrogens is 164 g/mol. The Morgan fingerprint density at radius 1 is 1.46 bits per heavy atom. The van der Waals surface area contributed by atoms with Gasteiger partial charge in [0.15, 0.2) is 0 Å². The first-order valence-electron chi connectivity index (χ1n) is 4.49. The summed E-state index contributed by atoms with van der Waals surface area (Å²) in [4.78, 5) is 13.4. The third kappa shape index (κ3) is 1.31. The minimum atomic E-state index is -0.343. The summed E-state index contributed by atoms with van der Waals surface area (Å²) in [6.45, 7) is 8.95. The minimum absolute atomic E-state index is 0.0407. The van der Waals surface area contributed by atoms with Crippen molar-refractivity contribution in [3.8, 4) is 6.07 Å². The Kier molecular flexibility index (Phi) is 2.11. The fourth-order valence-corrected chi connectivity index (χ4v) is 1.64. The molecule has 1 amide bonds. The molecule has 0 aromatic rings. The molecular formula is C10H16N2O. The van der Waals surface area contributed by atoms with E-state index in [0.29, 0.717) is 6.54 Å². The standard InChI is InChI=1S/C10H16N2O/c1-9(2)7-12(6-5-11)8(13)10(9,3)4/h6-7H2,1-4H3. The van der Waals surface area contributed by atoms with Gasteiger partial charge in [-0.2, -0.15) is 5.26 Å². The van der Waals surface area contributed by atoms with Gasteiger partial charge in [-0.05, 0) is 5.41 Å². The van der Waals surface area contributed by atoms with E-state index in [4.69, 9.17) is 5.26 Å². The first kappa shape index (κ1) is 10.0. The number of carbonyl (C=O) groups is 1. The van der Waals surface area contributed by atoms with Gasteiger partial charge in [0.2, 0.25) is 5.91 Å². The number of nitriles is 1. The molecule has 0 radical (unpaired) electrons. The van der Waals surface area contributed by atoms with Gasteiger partial charge in [0.25, 0.3) is 0 Å². The molecule has 0 aliphatic carbocycles. The van der Waals surface area contributed by atoms with Crippen LogP contribution >= 0.6 is 0 Å². The Morgan fingerprint density at radius 3 is 2.31 bits per heavy atom. The Morgan fingerprint density at radius 2 is 2.00 bits per heavy atom. The summed E-state index contributed by atoms with van der Waals surface area (Å²) in [6.07, 6.45) is 0. The van der Waals surface area contributed by atoms with Gasteiger partial charge in [0.05, 0.1) is 11.5 Å². The van der Waals surface area contributed by atoms with Crippen molar-refractivity contribution in [1.29, 1.82) is 5.26 Å². The molecule has 1 saturated heterocycles. The first-order valence-corrected chi connectivity index (χ1v) is 4.49. The van der Waals surface area contributed by atoms with Crippen molar-refractivity contribution in [1.82, 2.24) is 4.90 Å². The summed E-state index contributed by atoms with van der Waals surface area (Å²) < 4.78 is 0. The lowest BCUT2D eigenvalue weighted by molar-refractivity contribution is -0.135. The van der Waals surface area contributed by atoms with Crippen molar-refractivity contribution in [3.63, 3.8) is 0 Å². The molecule has 1 heterocycles. The predicted molar refractivity (Wildman–Crippen MR) is 49.8 cm³/mol. The molecule has 0 aromatic carbocycles. The van der Waals surface area contributed by atoms with Crippen molar-refractivity contribution >= 4 is 5.91 Å². The van der Waals surface area contributed by atoms with Crippen molar-refractivity contribution in [2.24, 2.45) is 10.8 Å². The number of nitrogens with zero attached hydrogens (tertiary/aromatic N) is 2. The molecule has 1 fully saturated rings. The van der Waals surface area contributed by atoms with Gasteiger partial charge in [0.1, 0.15) is 6.54 Å². The molecule has 0 atom stereocenters. The molecule has 0 aromatic heterocycles. The van der Waals surface area contributed by atoms with Crippen LogP contribution in [-0.4, -0.2) is 23.9 Å². The van der Waals surface area contributed by atoms with Crippen LogP contribution in [0.15, 0.2) is 0 Å². The van der Waals surface area contributed by atoms with E-state index in [1.165, 1.54) is 0 Å². The summed E-state index contributed by atoms with van der Waals surface area (Å²) in [5, 5.41) is 8.54. The van der Waals surface area contributed by atoms with Crippen LogP contribution in [0.3, 0.4) is 0 Å². The Hall–Kier alpha value is -1.04. The average Bonchev–Trinajstić information content (AvgIpc) is 2.13.